The van der Waals surface area contributed by atoms with Gasteiger partial charge in [0.05, 0.1) is 22.3 Å². The van der Waals surface area contributed by atoms with Gasteiger partial charge in [-0.25, -0.2) is 0 Å². The predicted octanol–water partition coefficient (Wildman–Crippen LogP) is 2.51. The van der Waals surface area contributed by atoms with Crippen molar-refractivity contribution in [2.24, 2.45) is 0 Å². The van der Waals surface area contributed by atoms with Crippen LogP contribution in [0.25, 0.3) is 0 Å². The van der Waals surface area contributed by atoms with E-state index in [2.05, 4.69) is 21.0 Å². The smallest absolute Gasteiger partial charge is 0.169 e. The monoisotopic (exact) mass is 302 g/mol. The predicted molar refractivity (Wildman–Crippen MR) is 70.1 cm³/mol. The Bertz CT molecular complexity index is 424. The fourth-order valence-electron chi connectivity index (χ4n) is 1.52. The van der Waals surface area contributed by atoms with Gasteiger partial charge in [0.15, 0.2) is 5.78 Å². The van der Waals surface area contributed by atoms with E-state index in [0.29, 0.717) is 6.42 Å². The molecule has 1 heterocycles. The summed E-state index contributed by atoms with van der Waals surface area (Å²) in [5.41, 5.74) is 1.07. The summed E-state index contributed by atoms with van der Waals surface area (Å²) >= 11 is 3.48. The van der Waals surface area contributed by atoms with Crippen LogP contribution >= 0.6 is 15.9 Å². The van der Waals surface area contributed by atoms with Crippen molar-refractivity contribution >= 4 is 21.7 Å². The Morgan fingerprint density at radius 1 is 1.53 bits per heavy atom. The third-order valence-electron chi connectivity index (χ3n) is 2.96. The first-order valence-electron chi connectivity index (χ1n) is 5.63. The van der Waals surface area contributed by atoms with E-state index in [1.54, 1.807) is 21.0 Å². The van der Waals surface area contributed by atoms with E-state index in [1.807, 2.05) is 18.5 Å². The number of rotatable bonds is 5. The van der Waals surface area contributed by atoms with Crippen LogP contribution in [0.4, 0.5) is 0 Å². The van der Waals surface area contributed by atoms with Crippen LogP contribution in [0.5, 0.6) is 0 Å². The molecule has 4 nitrogen and oxygen atoms in total. The number of nitrogens with zero attached hydrogens (tertiary/aromatic N) is 2. The first-order chi connectivity index (χ1) is 7.83. The van der Waals surface area contributed by atoms with Crippen molar-refractivity contribution in [2.45, 2.75) is 46.3 Å². The number of hydrogen-bond donors (Lipinski definition) is 0. The molecule has 5 heteroatoms. The van der Waals surface area contributed by atoms with Crippen LogP contribution < -0.4 is 0 Å². The first kappa shape index (κ1) is 14.4. The molecule has 0 amide bonds. The van der Waals surface area contributed by atoms with Gasteiger partial charge in [-0.05, 0) is 43.6 Å². The van der Waals surface area contributed by atoms with Crippen LogP contribution in [0.15, 0.2) is 4.47 Å². The van der Waals surface area contributed by atoms with Crippen LogP contribution in [-0.4, -0.2) is 28.3 Å². The number of Topliss-reactive ketones (excluding diaryl/α,β-unsaturated/α-hetero) is 1. The van der Waals surface area contributed by atoms with Crippen LogP contribution in [0.2, 0.25) is 0 Å². The molecular weight excluding hydrogens is 284 g/mol. The molecule has 0 spiro atoms. The van der Waals surface area contributed by atoms with Crippen molar-refractivity contribution in [3.8, 4) is 0 Å². The van der Waals surface area contributed by atoms with Gasteiger partial charge in [0.1, 0.15) is 5.60 Å². The Morgan fingerprint density at radius 3 is 2.59 bits per heavy atom. The number of carbonyl (C=O) groups excluding carboxylic acids is 1. The van der Waals surface area contributed by atoms with E-state index in [9.17, 15) is 4.79 Å². The SMILES string of the molecule is CCn1nc(C)c(Br)c1CC(=O)C(C)(C)OC. The molecule has 0 aliphatic heterocycles. The molecule has 0 radical (unpaired) electrons. The number of halogens is 1. The highest BCUT2D eigenvalue weighted by atomic mass is 79.9. The zero-order valence-electron chi connectivity index (χ0n) is 11.0. The molecule has 0 unspecified atom stereocenters. The minimum atomic E-state index is -0.754. The third kappa shape index (κ3) is 2.96. The van der Waals surface area contributed by atoms with E-state index in [0.717, 1.165) is 22.4 Å². The van der Waals surface area contributed by atoms with Gasteiger partial charge in [-0.1, -0.05) is 0 Å². The highest BCUT2D eigenvalue weighted by Crippen LogP contribution is 2.23. The fourth-order valence-corrected chi connectivity index (χ4v) is 1.94. The van der Waals surface area contributed by atoms with Crippen molar-refractivity contribution in [3.05, 3.63) is 15.9 Å². The summed E-state index contributed by atoms with van der Waals surface area (Å²) in [4.78, 5) is 12.1. The molecule has 0 atom stereocenters. The Hall–Kier alpha value is -0.680. The molecule has 1 rings (SSSR count). The zero-order valence-corrected chi connectivity index (χ0v) is 12.6. The average molecular weight is 303 g/mol. The Morgan fingerprint density at radius 2 is 2.12 bits per heavy atom. The van der Waals surface area contributed by atoms with E-state index >= 15 is 0 Å². The van der Waals surface area contributed by atoms with Crippen LogP contribution in [0.3, 0.4) is 0 Å². The maximum absolute atomic E-state index is 12.1. The maximum Gasteiger partial charge on any atom is 0.169 e. The van der Waals surface area contributed by atoms with Gasteiger partial charge in [-0.2, -0.15) is 5.10 Å². The lowest BCUT2D eigenvalue weighted by molar-refractivity contribution is -0.136. The topological polar surface area (TPSA) is 44.1 Å². The number of ether oxygens (including phenoxy) is 1. The summed E-state index contributed by atoms with van der Waals surface area (Å²) in [6.45, 7) is 8.24. The molecule has 17 heavy (non-hydrogen) atoms. The second-order valence-corrected chi connectivity index (χ2v) is 5.27. The van der Waals surface area contributed by atoms with Crippen molar-refractivity contribution in [1.82, 2.24) is 9.78 Å². The van der Waals surface area contributed by atoms with Gasteiger partial charge < -0.3 is 4.74 Å². The molecule has 0 saturated carbocycles. The van der Waals surface area contributed by atoms with E-state index in [-0.39, 0.29) is 5.78 Å². The Labute approximate surface area is 110 Å². The second-order valence-electron chi connectivity index (χ2n) is 4.48. The maximum atomic E-state index is 12.1. The van der Waals surface area contributed by atoms with Crippen molar-refractivity contribution in [1.29, 1.82) is 0 Å². The summed E-state index contributed by atoms with van der Waals surface area (Å²) in [6, 6.07) is 0. The normalized spacial score (nSPS) is 11.9. The largest absolute Gasteiger partial charge is 0.371 e. The van der Waals surface area contributed by atoms with Crippen LogP contribution in [0.1, 0.15) is 32.2 Å². The van der Waals surface area contributed by atoms with Crippen molar-refractivity contribution in [2.75, 3.05) is 7.11 Å². The molecule has 0 bridgehead atoms. The third-order valence-corrected chi connectivity index (χ3v) is 3.99. The van der Waals surface area contributed by atoms with E-state index in [4.69, 9.17) is 4.74 Å². The second kappa shape index (κ2) is 5.31. The molecule has 96 valence electrons. The molecule has 0 aliphatic carbocycles. The summed E-state index contributed by atoms with van der Waals surface area (Å²) in [5, 5.41) is 4.37. The molecule has 0 N–H and O–H groups in total. The van der Waals surface area contributed by atoms with E-state index in [1.165, 1.54) is 0 Å². The summed E-state index contributed by atoms with van der Waals surface area (Å²) < 4.78 is 7.96. The van der Waals surface area contributed by atoms with Gasteiger partial charge in [-0.15, -0.1) is 0 Å². The number of hydrogen-bond acceptors (Lipinski definition) is 3. The molecule has 0 aromatic carbocycles. The number of ketones is 1. The molecule has 1 aromatic heterocycles. The minimum absolute atomic E-state index is 0.0512. The zero-order chi connectivity index (χ0) is 13.2. The van der Waals surface area contributed by atoms with Crippen molar-refractivity contribution < 1.29 is 9.53 Å². The summed E-state index contributed by atoms with van der Waals surface area (Å²) in [5.74, 6) is 0.0512. The number of methoxy groups -OCH3 is 1. The average Bonchev–Trinajstić information content (AvgIpc) is 2.56. The molecular formula is C12H19BrN2O2. The number of carbonyl (C=O) groups is 1. The van der Waals surface area contributed by atoms with Gasteiger partial charge in [0, 0.05) is 13.7 Å². The summed E-state index contributed by atoms with van der Waals surface area (Å²) in [7, 11) is 1.55. The standard InChI is InChI=1S/C12H19BrN2O2/c1-6-15-9(11(13)8(2)14-15)7-10(16)12(3,4)17-5/h6-7H2,1-5H3. The van der Waals surface area contributed by atoms with Crippen LogP contribution in [0, 0.1) is 6.92 Å². The van der Waals surface area contributed by atoms with Gasteiger partial charge in [0.25, 0.3) is 0 Å². The molecule has 0 saturated heterocycles. The van der Waals surface area contributed by atoms with Gasteiger partial charge in [-0.3, -0.25) is 9.48 Å². The van der Waals surface area contributed by atoms with E-state index < -0.39 is 5.60 Å². The number of aryl methyl sites for hydroxylation is 2. The quantitative estimate of drug-likeness (QED) is 0.839. The van der Waals surface area contributed by atoms with Crippen LogP contribution in [-0.2, 0) is 22.5 Å². The lowest BCUT2D eigenvalue weighted by Gasteiger charge is -2.21. The lowest BCUT2D eigenvalue weighted by Crippen LogP contribution is -2.35. The highest BCUT2D eigenvalue weighted by molar-refractivity contribution is 9.10. The first-order valence-corrected chi connectivity index (χ1v) is 6.43. The van der Waals surface area contributed by atoms with Gasteiger partial charge >= 0.3 is 0 Å². The molecule has 1 aromatic rings. The molecule has 0 aliphatic rings. The summed E-state index contributed by atoms with van der Waals surface area (Å²) in [6.07, 6.45) is 0.329. The molecule has 0 fully saturated rings. The van der Waals surface area contributed by atoms with Crippen molar-refractivity contribution in [3.63, 3.8) is 0 Å². The lowest BCUT2D eigenvalue weighted by atomic mass is 9.99. The number of aromatic nitrogens is 2. The Kier molecular flexibility index (Phi) is 4.49. The fraction of sp³-hybridized carbons (Fsp3) is 0.667. The minimum Gasteiger partial charge on any atom is -0.371 e. The highest BCUT2D eigenvalue weighted by Gasteiger charge is 2.28. The Balaban J connectivity index is 2.99. The van der Waals surface area contributed by atoms with Gasteiger partial charge in [0.2, 0.25) is 0 Å².